The second-order valence-electron chi connectivity index (χ2n) is 5.91. The van der Waals surface area contributed by atoms with Crippen molar-refractivity contribution in [3.63, 3.8) is 0 Å². The minimum absolute atomic E-state index is 0.405. The molecular formula is C14H27BF4P-. The quantitative estimate of drug-likeness (QED) is 0.319. The van der Waals surface area contributed by atoms with Crippen molar-refractivity contribution in [3.8, 4) is 0 Å². The van der Waals surface area contributed by atoms with Crippen LogP contribution in [0.4, 0.5) is 17.3 Å². The summed E-state index contributed by atoms with van der Waals surface area (Å²) in [5.74, 6) is 0. The largest absolute Gasteiger partial charge is 0.673 e. The van der Waals surface area contributed by atoms with Crippen LogP contribution in [0.5, 0.6) is 0 Å². The van der Waals surface area contributed by atoms with Crippen LogP contribution in [0.1, 0.15) is 71.1 Å². The first kappa shape index (κ1) is 18.3. The summed E-state index contributed by atoms with van der Waals surface area (Å²) >= 11 is 0. The Kier molecular flexibility index (Phi) is 8.47. The summed E-state index contributed by atoms with van der Waals surface area (Å²) < 4.78 is 39.0. The summed E-state index contributed by atoms with van der Waals surface area (Å²) in [6.45, 7) is 2.47. The van der Waals surface area contributed by atoms with Crippen molar-refractivity contribution in [2.24, 2.45) is 0 Å². The molecule has 0 nitrogen and oxygen atoms in total. The van der Waals surface area contributed by atoms with Gasteiger partial charge in [-0.3, -0.25) is 0 Å². The summed E-state index contributed by atoms with van der Waals surface area (Å²) in [6, 6.07) is 0. The van der Waals surface area contributed by atoms with Crippen LogP contribution in [0.25, 0.3) is 0 Å². The zero-order chi connectivity index (χ0) is 15.0. The summed E-state index contributed by atoms with van der Waals surface area (Å²) in [5.41, 5.74) is 2.34. The van der Waals surface area contributed by atoms with Crippen LogP contribution in [-0.2, 0) is 0 Å². The van der Waals surface area contributed by atoms with E-state index in [1.54, 1.807) is 25.7 Å². The van der Waals surface area contributed by atoms with E-state index in [0.29, 0.717) is 7.92 Å². The molecule has 2 saturated carbocycles. The average Bonchev–Trinajstić information content (AvgIpc) is 2.40. The molecule has 0 spiro atoms. The van der Waals surface area contributed by atoms with Gasteiger partial charge in [0.2, 0.25) is 0 Å². The van der Waals surface area contributed by atoms with Crippen molar-refractivity contribution in [2.75, 3.05) is 6.16 Å². The van der Waals surface area contributed by atoms with Crippen LogP contribution in [0, 0.1) is 0 Å². The van der Waals surface area contributed by atoms with Gasteiger partial charge in [0.1, 0.15) is 0 Å². The molecule has 6 heteroatoms. The van der Waals surface area contributed by atoms with Crippen molar-refractivity contribution >= 4 is 15.2 Å². The second-order valence-corrected chi connectivity index (χ2v) is 9.03. The molecule has 0 atom stereocenters. The van der Waals surface area contributed by atoms with Gasteiger partial charge in [-0.25, -0.2) is 0 Å². The smallest absolute Gasteiger partial charge is 0.418 e. The number of rotatable bonds is 3. The van der Waals surface area contributed by atoms with E-state index in [4.69, 9.17) is 0 Å². The molecule has 0 unspecified atom stereocenters. The molecule has 0 aliphatic heterocycles. The Bertz CT molecular complexity index is 224. The van der Waals surface area contributed by atoms with E-state index in [1.165, 1.54) is 56.0 Å². The van der Waals surface area contributed by atoms with Crippen LogP contribution in [0.15, 0.2) is 0 Å². The standard InChI is InChI=1S/C14H27P.BF4/c1-2-15(13-9-5-3-6-10-13)14-11-7-4-8-12-14;2-1(3,4)5/h13-14H,2-12H2,1H3;/q;-1. The Morgan fingerprint density at radius 3 is 1.30 bits per heavy atom. The van der Waals surface area contributed by atoms with Gasteiger partial charge >= 0.3 is 7.25 Å². The van der Waals surface area contributed by atoms with E-state index in [0.717, 1.165) is 0 Å². The van der Waals surface area contributed by atoms with E-state index >= 15 is 0 Å². The van der Waals surface area contributed by atoms with Gasteiger partial charge in [0.05, 0.1) is 0 Å². The molecule has 2 aliphatic rings. The van der Waals surface area contributed by atoms with Crippen molar-refractivity contribution in [1.82, 2.24) is 0 Å². The predicted octanol–water partition coefficient (Wildman–Crippen LogP) is 6.45. The van der Waals surface area contributed by atoms with Gasteiger partial charge in [-0.1, -0.05) is 45.4 Å². The fraction of sp³-hybridized carbons (Fsp3) is 1.00. The molecule has 0 aromatic heterocycles. The Hall–Kier alpha value is 0.215. The molecule has 20 heavy (non-hydrogen) atoms. The highest BCUT2D eigenvalue weighted by Crippen LogP contribution is 2.55. The van der Waals surface area contributed by atoms with Gasteiger partial charge in [0, 0.05) is 0 Å². The minimum atomic E-state index is -6.00. The third-order valence-corrected chi connectivity index (χ3v) is 8.09. The fourth-order valence-corrected chi connectivity index (χ4v) is 7.33. The summed E-state index contributed by atoms with van der Waals surface area (Å²) in [6.07, 6.45) is 17.0. The fourth-order valence-electron chi connectivity index (χ4n) is 3.64. The monoisotopic (exact) mass is 313 g/mol. The van der Waals surface area contributed by atoms with Gasteiger partial charge in [-0.05, 0) is 43.2 Å². The third kappa shape index (κ3) is 7.85. The molecule has 2 fully saturated rings. The number of halogens is 4. The Labute approximate surface area is 121 Å². The molecule has 2 rings (SSSR count). The van der Waals surface area contributed by atoms with E-state index in [-0.39, 0.29) is 0 Å². The van der Waals surface area contributed by atoms with Gasteiger partial charge in [-0.2, -0.15) is 0 Å². The molecule has 0 heterocycles. The first-order valence-corrected chi connectivity index (χ1v) is 9.71. The molecule has 0 aromatic carbocycles. The van der Waals surface area contributed by atoms with Crippen LogP contribution in [0.2, 0.25) is 0 Å². The number of hydrogen-bond donors (Lipinski definition) is 0. The van der Waals surface area contributed by atoms with E-state index < -0.39 is 7.25 Å². The van der Waals surface area contributed by atoms with Gasteiger partial charge in [0.25, 0.3) is 0 Å². The summed E-state index contributed by atoms with van der Waals surface area (Å²) in [7, 11) is -5.59. The third-order valence-electron chi connectivity index (χ3n) is 4.45. The molecule has 0 amide bonds. The topological polar surface area (TPSA) is 0 Å². The zero-order valence-corrected chi connectivity index (χ0v) is 13.4. The average molecular weight is 313 g/mol. The van der Waals surface area contributed by atoms with Gasteiger partial charge in [-0.15, -0.1) is 7.92 Å². The molecule has 0 saturated heterocycles. The van der Waals surface area contributed by atoms with Gasteiger partial charge < -0.3 is 17.3 Å². The van der Waals surface area contributed by atoms with Gasteiger partial charge in [0.15, 0.2) is 0 Å². The highest BCUT2D eigenvalue weighted by molar-refractivity contribution is 7.59. The van der Waals surface area contributed by atoms with E-state index in [1.807, 2.05) is 0 Å². The lowest BCUT2D eigenvalue weighted by Gasteiger charge is -2.38. The second kappa shape index (κ2) is 9.28. The first-order chi connectivity index (χ1) is 9.42. The lowest BCUT2D eigenvalue weighted by atomic mass is 9.99. The highest BCUT2D eigenvalue weighted by Gasteiger charge is 2.29. The lowest BCUT2D eigenvalue weighted by Crippen LogP contribution is -2.21. The Morgan fingerprint density at radius 1 is 0.750 bits per heavy atom. The maximum absolute atomic E-state index is 9.75. The van der Waals surface area contributed by atoms with Crippen LogP contribution in [-0.4, -0.2) is 24.7 Å². The highest BCUT2D eigenvalue weighted by atomic mass is 31.1. The summed E-state index contributed by atoms with van der Waals surface area (Å²) in [4.78, 5) is 0. The van der Waals surface area contributed by atoms with Crippen LogP contribution >= 0.6 is 7.92 Å². The molecule has 0 N–H and O–H groups in total. The van der Waals surface area contributed by atoms with E-state index in [2.05, 4.69) is 6.92 Å². The van der Waals surface area contributed by atoms with Crippen LogP contribution in [0.3, 0.4) is 0 Å². The predicted molar refractivity (Wildman–Crippen MR) is 81.4 cm³/mol. The number of hydrogen-bond acceptors (Lipinski definition) is 0. The lowest BCUT2D eigenvalue weighted by molar-refractivity contribution is 0.368. The molecule has 2 aliphatic carbocycles. The van der Waals surface area contributed by atoms with Crippen molar-refractivity contribution in [3.05, 3.63) is 0 Å². The maximum Gasteiger partial charge on any atom is 0.673 e. The zero-order valence-electron chi connectivity index (χ0n) is 12.5. The molecular weight excluding hydrogens is 286 g/mol. The first-order valence-electron chi connectivity index (χ1n) is 8.05. The van der Waals surface area contributed by atoms with Crippen molar-refractivity contribution in [1.29, 1.82) is 0 Å². The molecule has 0 bridgehead atoms. The minimum Gasteiger partial charge on any atom is -0.418 e. The van der Waals surface area contributed by atoms with E-state index in [9.17, 15) is 17.3 Å². The Balaban J connectivity index is 0.000000347. The molecule has 0 radical (unpaired) electrons. The SMILES string of the molecule is CCP(C1CCCCC1)C1CCCCC1.F[B-](F)(F)F. The van der Waals surface area contributed by atoms with Crippen LogP contribution < -0.4 is 0 Å². The normalized spacial score (nSPS) is 22.5. The summed E-state index contributed by atoms with van der Waals surface area (Å²) in [5, 5.41) is 0. The van der Waals surface area contributed by atoms with Crippen molar-refractivity contribution in [2.45, 2.75) is 82.4 Å². The Morgan fingerprint density at radius 2 is 1.05 bits per heavy atom. The molecule has 0 aromatic rings. The van der Waals surface area contributed by atoms with Crippen molar-refractivity contribution < 1.29 is 17.3 Å². The maximum atomic E-state index is 9.75. The molecule has 120 valence electrons.